The molecule has 4 nitrogen and oxygen atoms in total. The summed E-state index contributed by atoms with van der Waals surface area (Å²) in [5, 5.41) is 16.1. The normalized spacial score (nSPS) is 28.4. The molecule has 2 aliphatic carbocycles. The Morgan fingerprint density at radius 3 is 2.56 bits per heavy atom. The maximum absolute atomic E-state index is 12.7. The third kappa shape index (κ3) is 4.63. The number of carbonyl (C=O) groups excluding carboxylic acids is 1. The van der Waals surface area contributed by atoms with E-state index in [-0.39, 0.29) is 37.9 Å². The minimum atomic E-state index is -4.14. The Labute approximate surface area is 157 Å². The second-order valence-electron chi connectivity index (χ2n) is 7.76. The number of hydrogen-bond donors (Lipinski definition) is 3. The van der Waals surface area contributed by atoms with Crippen LogP contribution in [0, 0.1) is 5.92 Å². The topological polar surface area (TPSA) is 61.4 Å². The highest BCUT2D eigenvalue weighted by Crippen LogP contribution is 2.37. The number of carbonyl (C=O) groups is 1. The van der Waals surface area contributed by atoms with E-state index in [9.17, 15) is 23.1 Å². The van der Waals surface area contributed by atoms with Crippen LogP contribution < -0.4 is 10.6 Å². The van der Waals surface area contributed by atoms with Gasteiger partial charge in [0.15, 0.2) is 0 Å². The minimum Gasteiger partial charge on any atom is -0.394 e. The van der Waals surface area contributed by atoms with Crippen molar-refractivity contribution in [2.45, 2.75) is 62.7 Å². The van der Waals surface area contributed by atoms with Crippen LogP contribution in [0.25, 0.3) is 0 Å². The monoisotopic (exact) mass is 384 g/mol. The van der Waals surface area contributed by atoms with E-state index in [1.165, 1.54) is 5.56 Å². The van der Waals surface area contributed by atoms with Gasteiger partial charge in [-0.25, -0.2) is 0 Å². The van der Waals surface area contributed by atoms with Crippen molar-refractivity contribution < 1.29 is 23.1 Å². The lowest BCUT2D eigenvalue weighted by atomic mass is 9.77. The van der Waals surface area contributed by atoms with Gasteiger partial charge >= 0.3 is 6.18 Å². The predicted octanol–water partition coefficient (Wildman–Crippen LogP) is 3.04. The molecular formula is C20H27F3N2O2. The number of amides is 1. The Morgan fingerprint density at radius 2 is 1.89 bits per heavy atom. The lowest BCUT2D eigenvalue weighted by Gasteiger charge is -2.39. The van der Waals surface area contributed by atoms with Crippen molar-refractivity contribution in [3.05, 3.63) is 35.4 Å². The van der Waals surface area contributed by atoms with E-state index in [2.05, 4.69) is 10.6 Å². The molecule has 0 unspecified atom stereocenters. The molecule has 0 bridgehead atoms. The number of aliphatic hydroxyl groups excluding tert-OH is 1. The van der Waals surface area contributed by atoms with Gasteiger partial charge in [0, 0.05) is 6.04 Å². The maximum atomic E-state index is 12.7. The molecule has 0 heterocycles. The summed E-state index contributed by atoms with van der Waals surface area (Å²) in [4.78, 5) is 12.3. The highest BCUT2D eigenvalue weighted by molar-refractivity contribution is 5.78. The number of alkyl halides is 3. The average Bonchev–Trinajstić information content (AvgIpc) is 2.66. The van der Waals surface area contributed by atoms with Crippen LogP contribution >= 0.6 is 0 Å². The van der Waals surface area contributed by atoms with Crippen molar-refractivity contribution >= 4 is 5.91 Å². The maximum Gasteiger partial charge on any atom is 0.391 e. The number of fused-ring (bicyclic) bond motifs is 1. The van der Waals surface area contributed by atoms with Crippen LogP contribution in [0.1, 0.15) is 49.7 Å². The molecule has 1 atom stereocenters. The van der Waals surface area contributed by atoms with Crippen LogP contribution in [0.3, 0.4) is 0 Å². The van der Waals surface area contributed by atoms with Crippen molar-refractivity contribution in [1.82, 2.24) is 10.6 Å². The summed E-state index contributed by atoms with van der Waals surface area (Å²) in [5.41, 5.74) is 1.56. The van der Waals surface area contributed by atoms with E-state index in [0.29, 0.717) is 12.8 Å². The SMILES string of the molecule is O=C(CN[C@@]1(CO)CCCc2ccccc21)NC1CCC(C(F)(F)F)CC1. The molecule has 0 aromatic heterocycles. The van der Waals surface area contributed by atoms with Gasteiger partial charge in [0.05, 0.1) is 24.6 Å². The number of hydrogen-bond acceptors (Lipinski definition) is 3. The van der Waals surface area contributed by atoms with Crippen LogP contribution in [0.5, 0.6) is 0 Å². The quantitative estimate of drug-likeness (QED) is 0.731. The Morgan fingerprint density at radius 1 is 1.19 bits per heavy atom. The number of aliphatic hydroxyl groups is 1. The molecule has 150 valence electrons. The largest absolute Gasteiger partial charge is 0.394 e. The van der Waals surface area contributed by atoms with Crippen molar-refractivity contribution in [3.63, 3.8) is 0 Å². The molecule has 2 aliphatic rings. The van der Waals surface area contributed by atoms with Gasteiger partial charge in [-0.3, -0.25) is 10.1 Å². The number of rotatable bonds is 5. The molecule has 0 aliphatic heterocycles. The van der Waals surface area contributed by atoms with Gasteiger partial charge in [0.2, 0.25) is 5.91 Å². The zero-order chi connectivity index (χ0) is 19.5. The third-order valence-electron chi connectivity index (χ3n) is 6.00. The van der Waals surface area contributed by atoms with Crippen molar-refractivity contribution in [2.24, 2.45) is 5.92 Å². The Bertz CT molecular complexity index is 657. The van der Waals surface area contributed by atoms with Gasteiger partial charge in [-0.2, -0.15) is 13.2 Å². The molecule has 7 heteroatoms. The van der Waals surface area contributed by atoms with E-state index in [0.717, 1.165) is 24.8 Å². The number of halogens is 3. The van der Waals surface area contributed by atoms with Crippen LogP contribution in [-0.4, -0.2) is 36.4 Å². The smallest absolute Gasteiger partial charge is 0.391 e. The molecule has 0 spiro atoms. The highest BCUT2D eigenvalue weighted by atomic mass is 19.4. The van der Waals surface area contributed by atoms with Crippen molar-refractivity contribution in [2.75, 3.05) is 13.2 Å². The molecule has 3 N–H and O–H groups in total. The summed E-state index contributed by atoms with van der Waals surface area (Å²) < 4.78 is 38.2. The van der Waals surface area contributed by atoms with Gasteiger partial charge in [-0.1, -0.05) is 24.3 Å². The lowest BCUT2D eigenvalue weighted by Crippen LogP contribution is -2.52. The van der Waals surface area contributed by atoms with Gasteiger partial charge < -0.3 is 10.4 Å². The summed E-state index contributed by atoms with van der Waals surface area (Å²) in [6.07, 6.45) is -0.690. The first-order valence-electron chi connectivity index (χ1n) is 9.64. The average molecular weight is 384 g/mol. The minimum absolute atomic E-state index is 0.0358. The van der Waals surface area contributed by atoms with Gasteiger partial charge in [0.1, 0.15) is 0 Å². The Balaban J connectivity index is 1.54. The molecule has 1 fully saturated rings. The van der Waals surface area contributed by atoms with E-state index < -0.39 is 17.6 Å². The molecule has 27 heavy (non-hydrogen) atoms. The standard InChI is InChI=1S/C20H27F3N2O2/c21-20(22,23)15-7-9-16(10-8-15)25-18(27)12-24-19(13-26)11-3-5-14-4-1-2-6-17(14)19/h1-2,4,6,15-16,24,26H,3,5,7-13H2,(H,25,27)/t15?,16?,19-/m1/s1. The Hall–Kier alpha value is -1.60. The van der Waals surface area contributed by atoms with E-state index >= 15 is 0 Å². The van der Waals surface area contributed by atoms with Crippen LogP contribution in [0.2, 0.25) is 0 Å². The van der Waals surface area contributed by atoms with Crippen molar-refractivity contribution in [1.29, 1.82) is 0 Å². The second kappa shape index (κ2) is 8.19. The van der Waals surface area contributed by atoms with Gasteiger partial charge in [-0.05, 0) is 56.1 Å². The number of aryl methyl sites for hydroxylation is 1. The summed E-state index contributed by atoms with van der Waals surface area (Å²) in [5.74, 6) is -1.48. The fraction of sp³-hybridized carbons (Fsp3) is 0.650. The highest BCUT2D eigenvalue weighted by Gasteiger charge is 2.41. The number of nitrogens with one attached hydrogen (secondary N) is 2. The first-order valence-corrected chi connectivity index (χ1v) is 9.64. The molecule has 1 aromatic carbocycles. The summed E-state index contributed by atoms with van der Waals surface area (Å²) in [6, 6.07) is 7.71. The first-order chi connectivity index (χ1) is 12.8. The van der Waals surface area contributed by atoms with Crippen LogP contribution in [0.15, 0.2) is 24.3 Å². The Kier molecular flexibility index (Phi) is 6.11. The van der Waals surface area contributed by atoms with Gasteiger partial charge in [0.25, 0.3) is 0 Å². The summed E-state index contributed by atoms with van der Waals surface area (Å²) in [7, 11) is 0. The number of benzene rings is 1. The zero-order valence-electron chi connectivity index (χ0n) is 15.3. The predicted molar refractivity (Wildman–Crippen MR) is 96.1 cm³/mol. The van der Waals surface area contributed by atoms with Crippen LogP contribution in [0.4, 0.5) is 13.2 Å². The van der Waals surface area contributed by atoms with Gasteiger partial charge in [-0.15, -0.1) is 0 Å². The van der Waals surface area contributed by atoms with Crippen molar-refractivity contribution in [3.8, 4) is 0 Å². The zero-order valence-corrected chi connectivity index (χ0v) is 15.3. The van der Waals surface area contributed by atoms with E-state index in [4.69, 9.17) is 0 Å². The fourth-order valence-corrected chi connectivity index (χ4v) is 4.42. The molecule has 0 saturated heterocycles. The lowest BCUT2D eigenvalue weighted by molar-refractivity contribution is -0.182. The van der Waals surface area contributed by atoms with E-state index in [1.807, 2.05) is 24.3 Å². The third-order valence-corrected chi connectivity index (χ3v) is 6.00. The molecular weight excluding hydrogens is 357 g/mol. The fourth-order valence-electron chi connectivity index (χ4n) is 4.42. The van der Waals surface area contributed by atoms with E-state index in [1.54, 1.807) is 0 Å². The first kappa shape index (κ1) is 20.1. The second-order valence-corrected chi connectivity index (χ2v) is 7.76. The molecule has 1 amide bonds. The molecule has 0 radical (unpaired) electrons. The molecule has 1 aromatic rings. The molecule has 1 saturated carbocycles. The van der Waals surface area contributed by atoms with Crippen LogP contribution in [-0.2, 0) is 16.8 Å². The summed E-state index contributed by atoms with van der Waals surface area (Å²) >= 11 is 0. The summed E-state index contributed by atoms with van der Waals surface area (Å²) in [6.45, 7) is -0.0674. The molecule has 3 rings (SSSR count).